The largest absolute Gasteiger partial charge is 0.508 e. The summed E-state index contributed by atoms with van der Waals surface area (Å²) in [6, 6.07) is 12.0. The van der Waals surface area contributed by atoms with Crippen LogP contribution in [0.1, 0.15) is 25.6 Å². The Hall–Kier alpha value is -1.91. The van der Waals surface area contributed by atoms with Crippen molar-refractivity contribution in [3.05, 3.63) is 42.0 Å². The van der Waals surface area contributed by atoms with E-state index in [1.54, 1.807) is 6.07 Å². The van der Waals surface area contributed by atoms with Crippen molar-refractivity contribution in [3.8, 4) is 5.75 Å². The Labute approximate surface area is 141 Å². The van der Waals surface area contributed by atoms with Gasteiger partial charge in [-0.05, 0) is 16.8 Å². The van der Waals surface area contributed by atoms with Gasteiger partial charge >= 0.3 is 0 Å². The van der Waals surface area contributed by atoms with Gasteiger partial charge in [0.1, 0.15) is 11.5 Å². The van der Waals surface area contributed by atoms with Gasteiger partial charge in [0.15, 0.2) is 0 Å². The maximum atomic E-state index is 12.8. The second kappa shape index (κ2) is 4.38. The molecule has 4 fully saturated rings. The fourth-order valence-electron chi connectivity index (χ4n) is 5.52. The molecule has 2 aromatic carbocycles. The highest BCUT2D eigenvalue weighted by Gasteiger charge is 2.62. The number of phenols is 1. The van der Waals surface area contributed by atoms with Crippen LogP contribution in [-0.2, 0) is 4.79 Å². The lowest BCUT2D eigenvalue weighted by Crippen LogP contribution is -2.75. The highest BCUT2D eigenvalue weighted by atomic mass is 16.3. The molecule has 4 heterocycles. The number of phenolic OH excluding ortho intramolecular Hbond substituents is 1. The molecule has 4 aliphatic heterocycles. The van der Waals surface area contributed by atoms with Gasteiger partial charge in [0, 0.05) is 31.7 Å². The molecule has 4 nitrogen and oxygen atoms in total. The summed E-state index contributed by atoms with van der Waals surface area (Å²) in [6.45, 7) is 7.34. The number of hydrogen-bond donors (Lipinski definition) is 1. The van der Waals surface area contributed by atoms with Gasteiger partial charge in [0.25, 0.3) is 0 Å². The zero-order valence-electron chi connectivity index (χ0n) is 14.1. The molecular formula is C20H22N2O2. The summed E-state index contributed by atoms with van der Waals surface area (Å²) in [6.07, 6.45) is 0.0605. The summed E-state index contributed by atoms with van der Waals surface area (Å²) in [5, 5.41) is 12.9. The first-order valence-electron chi connectivity index (χ1n) is 8.65. The Morgan fingerprint density at radius 2 is 1.54 bits per heavy atom. The van der Waals surface area contributed by atoms with Gasteiger partial charge in [-0.15, -0.1) is 0 Å². The first-order chi connectivity index (χ1) is 11.4. The number of aromatic hydroxyl groups is 1. The van der Waals surface area contributed by atoms with E-state index in [9.17, 15) is 9.90 Å². The van der Waals surface area contributed by atoms with Gasteiger partial charge in [-0.25, -0.2) is 0 Å². The van der Waals surface area contributed by atoms with Gasteiger partial charge in [-0.3, -0.25) is 14.6 Å². The Kier molecular flexibility index (Phi) is 2.63. The second-order valence-corrected chi connectivity index (χ2v) is 8.35. The summed E-state index contributed by atoms with van der Waals surface area (Å²) in [5.74, 6) is 0.774. The lowest BCUT2D eigenvalue weighted by Gasteiger charge is -2.64. The van der Waals surface area contributed by atoms with Crippen LogP contribution >= 0.6 is 0 Å². The molecule has 6 rings (SSSR count). The highest BCUT2D eigenvalue weighted by Crippen LogP contribution is 2.53. The molecule has 4 saturated heterocycles. The van der Waals surface area contributed by atoms with E-state index < -0.39 is 0 Å². The molecule has 0 amide bonds. The van der Waals surface area contributed by atoms with Crippen molar-refractivity contribution in [3.63, 3.8) is 0 Å². The Bertz CT molecular complexity index is 835. The predicted octanol–water partition coefficient (Wildman–Crippen LogP) is 2.77. The van der Waals surface area contributed by atoms with Gasteiger partial charge in [0.2, 0.25) is 0 Å². The van der Waals surface area contributed by atoms with Crippen molar-refractivity contribution in [2.24, 2.45) is 10.8 Å². The molecule has 2 aromatic rings. The van der Waals surface area contributed by atoms with E-state index in [2.05, 4.69) is 35.8 Å². The summed E-state index contributed by atoms with van der Waals surface area (Å²) in [7, 11) is 0. The van der Waals surface area contributed by atoms with Crippen molar-refractivity contribution in [1.29, 1.82) is 0 Å². The van der Waals surface area contributed by atoms with Crippen molar-refractivity contribution in [2.75, 3.05) is 26.2 Å². The van der Waals surface area contributed by atoms with Crippen molar-refractivity contribution in [2.45, 2.75) is 20.0 Å². The first kappa shape index (κ1) is 14.4. The average Bonchev–Trinajstić information content (AvgIpc) is 2.53. The Morgan fingerprint density at radius 1 is 0.958 bits per heavy atom. The van der Waals surface area contributed by atoms with E-state index in [-0.39, 0.29) is 17.0 Å². The number of carbonyl (C=O) groups is 1. The van der Waals surface area contributed by atoms with Crippen LogP contribution in [0.3, 0.4) is 0 Å². The van der Waals surface area contributed by atoms with Gasteiger partial charge in [0.05, 0.1) is 17.0 Å². The molecule has 0 unspecified atom stereocenters. The average molecular weight is 322 g/mol. The highest BCUT2D eigenvalue weighted by molar-refractivity contribution is 5.93. The topological polar surface area (TPSA) is 43.8 Å². The molecule has 0 aliphatic carbocycles. The third kappa shape index (κ3) is 1.68. The van der Waals surface area contributed by atoms with E-state index in [0.717, 1.165) is 42.5 Å². The quantitative estimate of drug-likeness (QED) is 0.877. The van der Waals surface area contributed by atoms with Crippen molar-refractivity contribution in [1.82, 2.24) is 9.80 Å². The molecule has 124 valence electrons. The number of ketones is 1. The van der Waals surface area contributed by atoms with E-state index in [1.807, 2.05) is 18.2 Å². The number of hydrogen-bond acceptors (Lipinski definition) is 4. The van der Waals surface area contributed by atoms with Crippen LogP contribution < -0.4 is 0 Å². The minimum absolute atomic E-state index is 0.0605. The number of carbonyl (C=O) groups excluding carboxylic acids is 1. The standard InChI is InChI=1S/C20H22N2O2/c1-19-9-21-11-20(2,18(19)24)12-22(10-19)17(21)16-14-6-4-3-5-13(14)7-8-15(16)23/h3-8,17,23H,9-12H2,1-2H3. The smallest absolute Gasteiger partial charge is 0.149 e. The van der Waals surface area contributed by atoms with Crippen LogP contribution in [0.5, 0.6) is 5.75 Å². The van der Waals surface area contributed by atoms with Gasteiger partial charge in [-0.2, -0.15) is 0 Å². The molecule has 4 aliphatic rings. The van der Waals surface area contributed by atoms with E-state index in [1.165, 1.54) is 0 Å². The van der Waals surface area contributed by atoms with E-state index in [4.69, 9.17) is 0 Å². The molecule has 0 atom stereocenters. The summed E-state index contributed by atoms with van der Waals surface area (Å²) in [4.78, 5) is 17.6. The molecule has 24 heavy (non-hydrogen) atoms. The zero-order chi connectivity index (χ0) is 16.7. The van der Waals surface area contributed by atoms with Crippen LogP contribution in [0, 0.1) is 10.8 Å². The third-order valence-electron chi connectivity index (χ3n) is 6.20. The first-order valence-corrected chi connectivity index (χ1v) is 8.65. The normalized spacial score (nSPS) is 40.4. The molecular weight excluding hydrogens is 300 g/mol. The summed E-state index contributed by atoms with van der Waals surface area (Å²) in [5.41, 5.74) is 0.440. The lowest BCUT2D eigenvalue weighted by molar-refractivity contribution is -0.196. The molecule has 0 radical (unpaired) electrons. The second-order valence-electron chi connectivity index (χ2n) is 8.35. The Morgan fingerprint density at radius 3 is 2.17 bits per heavy atom. The van der Waals surface area contributed by atoms with Crippen LogP contribution in [0.25, 0.3) is 10.8 Å². The molecule has 4 bridgehead atoms. The number of Topliss-reactive ketones (excluding diaryl/α,β-unsaturated/α-hetero) is 1. The minimum atomic E-state index is -0.276. The number of fused-ring (bicyclic) bond motifs is 1. The number of nitrogens with zero attached hydrogens (tertiary/aromatic N) is 2. The van der Waals surface area contributed by atoms with Gasteiger partial charge in [-0.1, -0.05) is 44.2 Å². The van der Waals surface area contributed by atoms with Crippen LogP contribution in [-0.4, -0.2) is 46.9 Å². The molecule has 1 N–H and O–H groups in total. The molecule has 0 spiro atoms. The maximum Gasteiger partial charge on any atom is 0.149 e. The third-order valence-corrected chi connectivity index (χ3v) is 6.20. The molecule has 0 aromatic heterocycles. The van der Waals surface area contributed by atoms with E-state index >= 15 is 0 Å². The summed E-state index contributed by atoms with van der Waals surface area (Å²) >= 11 is 0. The fourth-order valence-corrected chi connectivity index (χ4v) is 5.52. The fraction of sp³-hybridized carbons (Fsp3) is 0.450. The van der Waals surface area contributed by atoms with Crippen LogP contribution in [0.15, 0.2) is 36.4 Å². The Balaban J connectivity index is 1.68. The number of piperidine rings is 2. The van der Waals surface area contributed by atoms with Crippen LogP contribution in [0.2, 0.25) is 0 Å². The SMILES string of the molecule is CC12CN3CC(C)(CN(C1)C3c1c(O)ccc3ccccc13)C2=O. The predicted molar refractivity (Wildman–Crippen MR) is 92.7 cm³/mol. The van der Waals surface area contributed by atoms with Gasteiger partial charge < -0.3 is 5.11 Å². The number of rotatable bonds is 1. The zero-order valence-corrected chi connectivity index (χ0v) is 14.1. The monoisotopic (exact) mass is 322 g/mol. The van der Waals surface area contributed by atoms with Crippen molar-refractivity contribution >= 4 is 16.6 Å². The summed E-state index contributed by atoms with van der Waals surface area (Å²) < 4.78 is 0. The number of benzene rings is 2. The lowest BCUT2D eigenvalue weighted by atomic mass is 9.61. The van der Waals surface area contributed by atoms with Crippen LogP contribution in [0.4, 0.5) is 0 Å². The van der Waals surface area contributed by atoms with Crippen molar-refractivity contribution < 1.29 is 9.90 Å². The molecule has 0 saturated carbocycles. The molecule has 4 heteroatoms. The minimum Gasteiger partial charge on any atom is -0.508 e. The van der Waals surface area contributed by atoms with E-state index in [0.29, 0.717) is 11.5 Å². The maximum absolute atomic E-state index is 12.8.